The van der Waals surface area contributed by atoms with E-state index in [4.69, 9.17) is 10.5 Å². The Kier molecular flexibility index (Phi) is 7.25. The van der Waals surface area contributed by atoms with E-state index in [0.717, 1.165) is 5.56 Å². The predicted octanol–water partition coefficient (Wildman–Crippen LogP) is 0.413. The van der Waals surface area contributed by atoms with Crippen molar-refractivity contribution in [3.63, 3.8) is 0 Å². The van der Waals surface area contributed by atoms with E-state index in [1.165, 1.54) is 0 Å². The summed E-state index contributed by atoms with van der Waals surface area (Å²) in [5, 5.41) is 5.46. The molecule has 0 saturated heterocycles. The summed E-state index contributed by atoms with van der Waals surface area (Å²) in [6.45, 7) is 4.91. The highest BCUT2D eigenvalue weighted by molar-refractivity contribution is 5.78. The molecule has 0 fully saturated rings. The summed E-state index contributed by atoms with van der Waals surface area (Å²) < 4.78 is 5.39. The zero-order valence-corrected chi connectivity index (χ0v) is 12.5. The lowest BCUT2D eigenvalue weighted by atomic mass is 10.1. The molecule has 0 aliphatic heterocycles. The van der Waals surface area contributed by atoms with Gasteiger partial charge in [-0.1, -0.05) is 19.1 Å². The molecular weight excluding hydrogens is 270 g/mol. The second kappa shape index (κ2) is 8.97. The molecule has 0 aliphatic rings. The van der Waals surface area contributed by atoms with Gasteiger partial charge in [0.1, 0.15) is 5.75 Å². The lowest BCUT2D eigenvalue weighted by Gasteiger charge is -2.11. The van der Waals surface area contributed by atoms with Gasteiger partial charge in [0, 0.05) is 25.6 Å². The van der Waals surface area contributed by atoms with Crippen LogP contribution in [0.25, 0.3) is 0 Å². The van der Waals surface area contributed by atoms with Gasteiger partial charge in [-0.25, -0.2) is 0 Å². The number of likely N-dealkylation sites (N-methyl/N-ethyl adjacent to an activating group) is 1. The number of carbonyl (C=O) groups is 2. The van der Waals surface area contributed by atoms with Crippen LogP contribution in [0.4, 0.5) is 0 Å². The van der Waals surface area contributed by atoms with E-state index >= 15 is 0 Å². The van der Waals surface area contributed by atoms with Gasteiger partial charge in [-0.15, -0.1) is 0 Å². The molecule has 0 saturated carbocycles. The molecule has 2 amide bonds. The fraction of sp³-hybridized carbons (Fsp3) is 0.467. The van der Waals surface area contributed by atoms with Gasteiger partial charge < -0.3 is 21.1 Å². The average Bonchev–Trinajstić information content (AvgIpc) is 2.50. The summed E-state index contributed by atoms with van der Waals surface area (Å²) in [4.78, 5) is 23.0. The first-order chi connectivity index (χ1) is 10.1. The number of ether oxygens (including phenoxy) is 1. The van der Waals surface area contributed by atoms with Gasteiger partial charge in [0.15, 0.2) is 6.61 Å². The molecular formula is C15H23N3O3. The van der Waals surface area contributed by atoms with Crippen LogP contribution in [0.3, 0.4) is 0 Å². The zero-order chi connectivity index (χ0) is 15.7. The van der Waals surface area contributed by atoms with Crippen molar-refractivity contribution < 1.29 is 14.3 Å². The van der Waals surface area contributed by atoms with Crippen LogP contribution >= 0.6 is 0 Å². The van der Waals surface area contributed by atoms with Crippen molar-refractivity contribution in [2.45, 2.75) is 20.4 Å². The van der Waals surface area contributed by atoms with Crippen LogP contribution in [0, 0.1) is 5.92 Å². The van der Waals surface area contributed by atoms with Gasteiger partial charge >= 0.3 is 0 Å². The Hall–Kier alpha value is -2.08. The van der Waals surface area contributed by atoms with Crippen LogP contribution in [0.1, 0.15) is 19.4 Å². The number of rotatable bonds is 8. The van der Waals surface area contributed by atoms with Crippen molar-refractivity contribution in [2.75, 3.05) is 19.7 Å². The number of amides is 2. The zero-order valence-electron chi connectivity index (χ0n) is 12.5. The molecule has 1 rings (SSSR count). The third-order valence-corrected chi connectivity index (χ3v) is 2.91. The first kappa shape index (κ1) is 17.0. The van der Waals surface area contributed by atoms with Crippen LogP contribution in [0.15, 0.2) is 24.3 Å². The van der Waals surface area contributed by atoms with Crippen LogP contribution in [-0.2, 0) is 16.1 Å². The highest BCUT2D eigenvalue weighted by Gasteiger charge is 2.10. The van der Waals surface area contributed by atoms with Crippen molar-refractivity contribution in [1.29, 1.82) is 0 Å². The molecule has 1 aromatic rings. The first-order valence-electron chi connectivity index (χ1n) is 7.03. The van der Waals surface area contributed by atoms with Gasteiger partial charge in [-0.3, -0.25) is 9.59 Å². The second-order valence-electron chi connectivity index (χ2n) is 4.74. The number of carbonyl (C=O) groups excluding carboxylic acids is 2. The fourth-order valence-corrected chi connectivity index (χ4v) is 1.61. The van der Waals surface area contributed by atoms with Gasteiger partial charge in [-0.05, 0) is 24.6 Å². The molecule has 0 aliphatic carbocycles. The van der Waals surface area contributed by atoms with E-state index in [2.05, 4.69) is 10.6 Å². The Bertz CT molecular complexity index is 477. The molecule has 4 N–H and O–H groups in total. The van der Waals surface area contributed by atoms with Crippen molar-refractivity contribution in [3.05, 3.63) is 29.8 Å². The topological polar surface area (TPSA) is 93.5 Å². The van der Waals surface area contributed by atoms with Gasteiger partial charge in [0.05, 0.1) is 0 Å². The van der Waals surface area contributed by atoms with Gasteiger partial charge in [-0.2, -0.15) is 0 Å². The van der Waals surface area contributed by atoms with Gasteiger partial charge in [0.2, 0.25) is 5.91 Å². The highest BCUT2D eigenvalue weighted by atomic mass is 16.5. The van der Waals surface area contributed by atoms with Crippen LogP contribution in [0.5, 0.6) is 5.75 Å². The molecule has 116 valence electrons. The predicted molar refractivity (Wildman–Crippen MR) is 80.7 cm³/mol. The fourth-order valence-electron chi connectivity index (χ4n) is 1.61. The van der Waals surface area contributed by atoms with Gasteiger partial charge in [0.25, 0.3) is 5.91 Å². The summed E-state index contributed by atoms with van der Waals surface area (Å²) in [5.74, 6) is 0.154. The summed E-state index contributed by atoms with van der Waals surface area (Å²) >= 11 is 0. The molecule has 0 spiro atoms. The maximum absolute atomic E-state index is 11.6. The molecule has 6 nitrogen and oxygen atoms in total. The Labute approximate surface area is 125 Å². The highest BCUT2D eigenvalue weighted by Crippen LogP contribution is 2.13. The smallest absolute Gasteiger partial charge is 0.257 e. The first-order valence-corrected chi connectivity index (χ1v) is 7.03. The van der Waals surface area contributed by atoms with E-state index in [1.54, 1.807) is 19.1 Å². The average molecular weight is 293 g/mol. The normalized spacial score (nSPS) is 11.6. The minimum Gasteiger partial charge on any atom is -0.484 e. The largest absolute Gasteiger partial charge is 0.484 e. The Morgan fingerprint density at radius 3 is 2.76 bits per heavy atom. The third kappa shape index (κ3) is 6.27. The Morgan fingerprint density at radius 2 is 2.10 bits per heavy atom. The van der Waals surface area contributed by atoms with Crippen molar-refractivity contribution in [2.24, 2.45) is 11.7 Å². The summed E-state index contributed by atoms with van der Waals surface area (Å²) in [5.41, 5.74) is 6.34. The van der Waals surface area contributed by atoms with Crippen LogP contribution < -0.4 is 21.1 Å². The lowest BCUT2D eigenvalue weighted by Crippen LogP contribution is -2.32. The van der Waals surface area contributed by atoms with Crippen LogP contribution in [0.2, 0.25) is 0 Å². The Balaban J connectivity index is 2.48. The molecule has 0 bridgehead atoms. The third-order valence-electron chi connectivity index (χ3n) is 2.91. The van der Waals surface area contributed by atoms with E-state index in [9.17, 15) is 9.59 Å². The lowest BCUT2D eigenvalue weighted by molar-refractivity contribution is -0.124. The Morgan fingerprint density at radius 1 is 1.33 bits per heavy atom. The molecule has 1 aromatic carbocycles. The molecule has 21 heavy (non-hydrogen) atoms. The molecule has 0 aromatic heterocycles. The van der Waals surface area contributed by atoms with Crippen molar-refractivity contribution in [1.82, 2.24) is 10.6 Å². The minimum absolute atomic E-state index is 0.0200. The monoisotopic (exact) mass is 293 g/mol. The maximum Gasteiger partial charge on any atom is 0.257 e. The molecule has 1 atom stereocenters. The van der Waals surface area contributed by atoms with E-state index in [0.29, 0.717) is 25.4 Å². The van der Waals surface area contributed by atoms with Crippen molar-refractivity contribution in [3.8, 4) is 5.75 Å². The molecule has 0 heterocycles. The van der Waals surface area contributed by atoms with E-state index in [1.807, 2.05) is 19.1 Å². The van der Waals surface area contributed by atoms with Crippen LogP contribution in [-0.4, -0.2) is 31.5 Å². The summed E-state index contributed by atoms with van der Waals surface area (Å²) in [6, 6.07) is 7.27. The molecule has 6 heteroatoms. The standard InChI is InChI=1S/C15H23N3O3/c1-3-17-14(19)10-21-13-6-4-5-12(7-13)9-18-15(20)11(2)8-16/h4-7,11H,3,8-10,16H2,1-2H3,(H,17,19)(H,18,20). The quantitative estimate of drug-likeness (QED) is 0.647. The molecule has 1 unspecified atom stereocenters. The minimum atomic E-state index is -0.206. The maximum atomic E-state index is 11.6. The second-order valence-corrected chi connectivity index (χ2v) is 4.74. The van der Waals surface area contributed by atoms with Crippen molar-refractivity contribution >= 4 is 11.8 Å². The number of nitrogens with two attached hydrogens (primary N) is 1. The number of hydrogen-bond acceptors (Lipinski definition) is 4. The number of nitrogens with one attached hydrogen (secondary N) is 2. The molecule has 0 radical (unpaired) electrons. The summed E-state index contributed by atoms with van der Waals surface area (Å²) in [6.07, 6.45) is 0. The summed E-state index contributed by atoms with van der Waals surface area (Å²) in [7, 11) is 0. The van der Waals surface area contributed by atoms with E-state index < -0.39 is 0 Å². The van der Waals surface area contributed by atoms with E-state index in [-0.39, 0.29) is 24.3 Å². The number of hydrogen-bond donors (Lipinski definition) is 3. The SMILES string of the molecule is CCNC(=O)COc1cccc(CNC(=O)C(C)CN)c1. The number of benzene rings is 1.